The van der Waals surface area contributed by atoms with Crippen LogP contribution < -0.4 is 17.2 Å². The molecule has 1 aromatic carbocycles. The van der Waals surface area contributed by atoms with Gasteiger partial charge in [-0.2, -0.15) is 4.98 Å². The largest absolute Gasteiger partial charge is 0.383 e. The van der Waals surface area contributed by atoms with Crippen molar-refractivity contribution in [2.75, 3.05) is 25.4 Å². The first-order valence-electron chi connectivity index (χ1n) is 9.86. The van der Waals surface area contributed by atoms with E-state index in [4.69, 9.17) is 11.5 Å². The van der Waals surface area contributed by atoms with E-state index in [1.54, 1.807) is 12.3 Å². The maximum atomic E-state index is 12.0. The van der Waals surface area contributed by atoms with Crippen molar-refractivity contribution in [3.05, 3.63) is 52.6 Å². The number of piperidine rings is 1. The maximum absolute atomic E-state index is 12.0. The summed E-state index contributed by atoms with van der Waals surface area (Å²) in [6.07, 6.45) is 2.69. The first kappa shape index (κ1) is 18.2. The molecule has 0 bridgehead atoms. The van der Waals surface area contributed by atoms with E-state index >= 15 is 0 Å². The molecule has 144 valence electrons. The zero-order valence-corrected chi connectivity index (χ0v) is 16.1. The summed E-state index contributed by atoms with van der Waals surface area (Å²) in [4.78, 5) is 18.5. The molecule has 4 rings (SSSR count). The molecular weight excluding hydrogens is 338 g/mol. The molecule has 4 atom stereocenters. The molecule has 6 nitrogen and oxygen atoms in total. The summed E-state index contributed by atoms with van der Waals surface area (Å²) in [5, 5.41) is 0. The van der Waals surface area contributed by atoms with Crippen LogP contribution in [-0.4, -0.2) is 40.1 Å². The lowest BCUT2D eigenvalue weighted by Gasteiger charge is -2.33. The quantitative estimate of drug-likeness (QED) is 0.808. The number of hydrogen-bond acceptors (Lipinski definition) is 5. The zero-order valence-electron chi connectivity index (χ0n) is 16.1. The van der Waals surface area contributed by atoms with Crippen LogP contribution in [0.3, 0.4) is 0 Å². The lowest BCUT2D eigenvalue weighted by molar-refractivity contribution is 0.163. The number of nitrogens with two attached hydrogens (primary N) is 2. The standard InChI is InChI=1S/C21H29N5O/c1-13(2)19(25-11-17-16(10-22)18(17)12-25)9-14-3-5-15(6-4-14)26-8-7-20(23)24-21(26)27/h3-8,13,16-19H,9-12,22H2,1-2H3,(H2,23,24,27)/t16?,17-,18+,19?. The molecule has 4 N–H and O–H groups in total. The molecule has 1 saturated carbocycles. The Morgan fingerprint density at radius 1 is 1.15 bits per heavy atom. The van der Waals surface area contributed by atoms with Crippen LogP contribution in [0.4, 0.5) is 5.82 Å². The minimum absolute atomic E-state index is 0.244. The van der Waals surface area contributed by atoms with Crippen molar-refractivity contribution < 1.29 is 0 Å². The van der Waals surface area contributed by atoms with E-state index in [-0.39, 0.29) is 11.5 Å². The number of anilines is 1. The Kier molecular flexibility index (Phi) is 4.78. The van der Waals surface area contributed by atoms with Crippen molar-refractivity contribution in [3.8, 4) is 5.69 Å². The Morgan fingerprint density at radius 2 is 1.81 bits per heavy atom. The molecule has 1 saturated heterocycles. The van der Waals surface area contributed by atoms with Crippen LogP contribution in [0, 0.1) is 23.7 Å². The highest BCUT2D eigenvalue weighted by atomic mass is 16.1. The number of likely N-dealkylation sites (tertiary alicyclic amines) is 1. The van der Waals surface area contributed by atoms with Crippen molar-refractivity contribution in [1.29, 1.82) is 0 Å². The number of benzene rings is 1. The second-order valence-electron chi connectivity index (χ2n) is 8.37. The Bertz CT molecular complexity index is 848. The Balaban J connectivity index is 1.46. The smallest absolute Gasteiger partial charge is 0.354 e. The molecule has 0 spiro atoms. The lowest BCUT2D eigenvalue weighted by Crippen LogP contribution is -2.41. The lowest BCUT2D eigenvalue weighted by atomic mass is 9.94. The minimum atomic E-state index is -0.353. The van der Waals surface area contributed by atoms with Gasteiger partial charge in [-0.05, 0) is 60.4 Å². The number of nitrogen functional groups attached to an aromatic ring is 1. The highest BCUT2D eigenvalue weighted by Gasteiger charge is 2.55. The molecule has 2 heterocycles. The van der Waals surface area contributed by atoms with E-state index in [2.05, 4.69) is 35.9 Å². The van der Waals surface area contributed by atoms with Crippen molar-refractivity contribution in [1.82, 2.24) is 14.5 Å². The van der Waals surface area contributed by atoms with Gasteiger partial charge in [-0.15, -0.1) is 0 Å². The van der Waals surface area contributed by atoms with Gasteiger partial charge in [0.2, 0.25) is 0 Å². The van der Waals surface area contributed by atoms with Gasteiger partial charge < -0.3 is 11.5 Å². The van der Waals surface area contributed by atoms with Gasteiger partial charge >= 0.3 is 5.69 Å². The molecule has 1 aliphatic carbocycles. The summed E-state index contributed by atoms with van der Waals surface area (Å²) in [7, 11) is 0. The third-order valence-electron chi connectivity index (χ3n) is 6.39. The van der Waals surface area contributed by atoms with E-state index < -0.39 is 0 Å². The summed E-state index contributed by atoms with van der Waals surface area (Å²) in [6.45, 7) is 7.85. The average Bonchev–Trinajstić information content (AvgIpc) is 3.11. The van der Waals surface area contributed by atoms with Crippen LogP contribution >= 0.6 is 0 Å². The molecule has 2 aliphatic rings. The van der Waals surface area contributed by atoms with Gasteiger partial charge in [0.1, 0.15) is 5.82 Å². The minimum Gasteiger partial charge on any atom is -0.383 e. The predicted molar refractivity (Wildman–Crippen MR) is 108 cm³/mol. The summed E-state index contributed by atoms with van der Waals surface area (Å²) in [5.41, 5.74) is 13.2. The molecule has 0 radical (unpaired) electrons. The topological polar surface area (TPSA) is 90.2 Å². The predicted octanol–water partition coefficient (Wildman–Crippen LogP) is 1.52. The molecule has 2 aromatic rings. The van der Waals surface area contributed by atoms with Crippen LogP contribution in [0.1, 0.15) is 19.4 Å². The summed E-state index contributed by atoms with van der Waals surface area (Å²) >= 11 is 0. The molecular formula is C21H29N5O. The number of nitrogens with zero attached hydrogens (tertiary/aromatic N) is 3. The number of fused-ring (bicyclic) bond motifs is 1. The average molecular weight is 367 g/mol. The second-order valence-corrected chi connectivity index (χ2v) is 8.37. The Morgan fingerprint density at radius 3 is 2.37 bits per heavy atom. The summed E-state index contributed by atoms with van der Waals surface area (Å²) in [6, 6.07) is 10.4. The van der Waals surface area contributed by atoms with E-state index in [9.17, 15) is 4.79 Å². The van der Waals surface area contributed by atoms with Crippen LogP contribution in [-0.2, 0) is 6.42 Å². The first-order chi connectivity index (χ1) is 13.0. The van der Waals surface area contributed by atoms with Crippen LogP contribution in [0.15, 0.2) is 41.3 Å². The third-order valence-corrected chi connectivity index (χ3v) is 6.39. The Labute approximate surface area is 160 Å². The van der Waals surface area contributed by atoms with E-state index in [1.165, 1.54) is 23.2 Å². The van der Waals surface area contributed by atoms with Gasteiger partial charge in [-0.1, -0.05) is 26.0 Å². The molecule has 2 unspecified atom stereocenters. The summed E-state index contributed by atoms with van der Waals surface area (Å²) in [5.74, 6) is 3.25. The number of aromatic nitrogens is 2. The highest BCUT2D eigenvalue weighted by molar-refractivity contribution is 5.36. The molecule has 1 aromatic heterocycles. The zero-order chi connectivity index (χ0) is 19.1. The fourth-order valence-electron chi connectivity index (χ4n) is 4.74. The fourth-order valence-corrected chi connectivity index (χ4v) is 4.74. The van der Waals surface area contributed by atoms with Crippen LogP contribution in [0.2, 0.25) is 0 Å². The van der Waals surface area contributed by atoms with E-state index in [0.717, 1.165) is 36.4 Å². The fraction of sp³-hybridized carbons (Fsp3) is 0.524. The molecule has 6 heteroatoms. The van der Waals surface area contributed by atoms with Gasteiger partial charge in [-0.25, -0.2) is 4.79 Å². The van der Waals surface area contributed by atoms with Gasteiger partial charge in [0, 0.05) is 25.3 Å². The van der Waals surface area contributed by atoms with Crippen molar-refractivity contribution in [2.24, 2.45) is 29.4 Å². The highest BCUT2D eigenvalue weighted by Crippen LogP contribution is 2.51. The van der Waals surface area contributed by atoms with Crippen molar-refractivity contribution in [2.45, 2.75) is 26.3 Å². The van der Waals surface area contributed by atoms with E-state index in [1.807, 2.05) is 12.1 Å². The normalized spacial score (nSPS) is 25.6. The summed E-state index contributed by atoms with van der Waals surface area (Å²) < 4.78 is 1.51. The van der Waals surface area contributed by atoms with Crippen molar-refractivity contribution >= 4 is 5.82 Å². The molecule has 1 aliphatic heterocycles. The molecule has 27 heavy (non-hydrogen) atoms. The number of rotatable bonds is 6. The van der Waals surface area contributed by atoms with Crippen LogP contribution in [0.5, 0.6) is 0 Å². The van der Waals surface area contributed by atoms with Crippen molar-refractivity contribution in [3.63, 3.8) is 0 Å². The molecule has 0 amide bonds. The van der Waals surface area contributed by atoms with Gasteiger partial charge in [0.15, 0.2) is 0 Å². The third kappa shape index (κ3) is 3.51. The van der Waals surface area contributed by atoms with Gasteiger partial charge in [-0.3, -0.25) is 9.47 Å². The van der Waals surface area contributed by atoms with Crippen LogP contribution in [0.25, 0.3) is 5.69 Å². The number of hydrogen-bond donors (Lipinski definition) is 2. The maximum Gasteiger partial charge on any atom is 0.354 e. The van der Waals surface area contributed by atoms with Gasteiger partial charge in [0.05, 0.1) is 5.69 Å². The second kappa shape index (κ2) is 7.09. The van der Waals surface area contributed by atoms with E-state index in [0.29, 0.717) is 12.0 Å². The SMILES string of the molecule is CC(C)C(Cc1ccc(-n2ccc(N)nc2=O)cc1)N1C[C@@H]2C(CN)[C@@H]2C1. The first-order valence-corrected chi connectivity index (χ1v) is 9.86. The van der Waals surface area contributed by atoms with Gasteiger partial charge in [0.25, 0.3) is 0 Å². The Hall–Kier alpha value is -2.18. The molecule has 2 fully saturated rings. The monoisotopic (exact) mass is 367 g/mol.